The second-order valence-corrected chi connectivity index (χ2v) is 9.17. The van der Waals surface area contributed by atoms with E-state index in [9.17, 15) is 19.6 Å². The number of hydrogen-bond donors (Lipinski definition) is 2. The summed E-state index contributed by atoms with van der Waals surface area (Å²) in [5.74, 6) is -0.365. The van der Waals surface area contributed by atoms with Crippen LogP contribution in [0.25, 0.3) is 0 Å². The number of fused-ring (bicyclic) bond motifs is 1. The van der Waals surface area contributed by atoms with Crippen molar-refractivity contribution < 1.29 is 38.4 Å². The van der Waals surface area contributed by atoms with Gasteiger partial charge in [0.25, 0.3) is 12.4 Å². The standard InChI is InChI=1S/C25H27N3O6.CH2O2/c29-23-9-8-21(24(30)26-23)27-14-20-19(25(27)31)2-1-3-22(20)34-16-18-6-4-17(5-7-18)15-28(32)10-12-33-13-11-28;2-1-3/h1-7,21H,8-16H2,(H,26,29,30);1H,(H,2,3). The first-order valence-electron chi connectivity index (χ1n) is 12.0. The van der Waals surface area contributed by atoms with Gasteiger partial charge in [0.1, 0.15) is 38.0 Å². The maximum atomic E-state index is 12.9. The average Bonchev–Trinajstić information content (AvgIpc) is 3.21. The van der Waals surface area contributed by atoms with Crippen molar-refractivity contribution in [2.24, 2.45) is 0 Å². The first kappa shape index (κ1) is 26.3. The molecule has 0 bridgehead atoms. The van der Waals surface area contributed by atoms with Crippen LogP contribution in [0.3, 0.4) is 0 Å². The molecular formula is C26H29N3O8. The minimum Gasteiger partial charge on any atom is -0.632 e. The number of hydrogen-bond acceptors (Lipinski definition) is 7. The predicted molar refractivity (Wildman–Crippen MR) is 130 cm³/mol. The van der Waals surface area contributed by atoms with E-state index in [-0.39, 0.29) is 35.9 Å². The lowest BCUT2D eigenvalue weighted by atomic mass is 10.0. The zero-order chi connectivity index (χ0) is 26.4. The van der Waals surface area contributed by atoms with E-state index in [4.69, 9.17) is 19.4 Å². The van der Waals surface area contributed by atoms with Crippen LogP contribution in [0.4, 0.5) is 0 Å². The topological polar surface area (TPSA) is 145 Å². The molecule has 3 amide bonds. The molecule has 3 aliphatic rings. The Morgan fingerprint density at radius 1 is 1.11 bits per heavy atom. The monoisotopic (exact) mass is 511 g/mol. The summed E-state index contributed by atoms with van der Waals surface area (Å²) in [6, 6.07) is 12.5. The van der Waals surface area contributed by atoms with Crippen molar-refractivity contribution in [3.63, 3.8) is 0 Å². The highest BCUT2D eigenvalue weighted by atomic mass is 16.6. The van der Waals surface area contributed by atoms with E-state index < -0.39 is 11.9 Å². The Kier molecular flexibility index (Phi) is 8.17. The van der Waals surface area contributed by atoms with E-state index in [1.807, 2.05) is 30.3 Å². The van der Waals surface area contributed by atoms with Crippen molar-refractivity contribution in [1.82, 2.24) is 10.2 Å². The van der Waals surface area contributed by atoms with Gasteiger partial charge in [-0.2, -0.15) is 0 Å². The quantitative estimate of drug-likeness (QED) is 0.257. The van der Waals surface area contributed by atoms with Gasteiger partial charge in [-0.1, -0.05) is 30.3 Å². The largest absolute Gasteiger partial charge is 0.632 e. The third-order valence-corrected chi connectivity index (χ3v) is 6.71. The number of carboxylic acid groups (broad SMARTS) is 1. The van der Waals surface area contributed by atoms with Crippen LogP contribution in [-0.4, -0.2) is 71.2 Å². The Bertz CT molecular complexity index is 1160. The molecule has 0 aromatic heterocycles. The number of imide groups is 1. The molecule has 5 rings (SSSR count). The van der Waals surface area contributed by atoms with Gasteiger partial charge in [0, 0.05) is 23.1 Å². The third-order valence-electron chi connectivity index (χ3n) is 6.71. The number of piperidine rings is 1. The number of nitrogens with zero attached hydrogens (tertiary/aromatic N) is 2. The van der Waals surface area contributed by atoms with Crippen LogP contribution in [0.1, 0.15) is 39.9 Å². The molecule has 0 aliphatic carbocycles. The summed E-state index contributed by atoms with van der Waals surface area (Å²) in [6.07, 6.45) is 0.541. The van der Waals surface area contributed by atoms with Crippen molar-refractivity contribution in [2.75, 3.05) is 26.3 Å². The van der Waals surface area contributed by atoms with E-state index in [0.717, 1.165) is 16.7 Å². The van der Waals surface area contributed by atoms with E-state index in [1.165, 1.54) is 4.90 Å². The van der Waals surface area contributed by atoms with Crippen molar-refractivity contribution >= 4 is 24.2 Å². The first-order valence-corrected chi connectivity index (χ1v) is 12.0. The molecule has 1 atom stereocenters. The molecule has 0 radical (unpaired) electrons. The van der Waals surface area contributed by atoms with Crippen molar-refractivity contribution in [3.05, 3.63) is 69.9 Å². The van der Waals surface area contributed by atoms with E-state index >= 15 is 0 Å². The normalized spacial score (nSPS) is 20.4. The number of carbonyl (C=O) groups excluding carboxylic acids is 3. The fraction of sp³-hybridized carbons (Fsp3) is 0.385. The SMILES string of the molecule is O=C1CCC(N2Cc3c(OCc4ccc(C[N+]5([O-])CCOCC5)cc4)cccc3C2=O)C(=O)N1.O=CO. The van der Waals surface area contributed by atoms with Gasteiger partial charge >= 0.3 is 0 Å². The van der Waals surface area contributed by atoms with Crippen LogP contribution in [-0.2, 0) is 38.8 Å². The lowest BCUT2D eigenvalue weighted by molar-refractivity contribution is -0.901. The smallest absolute Gasteiger partial charge is 0.290 e. The summed E-state index contributed by atoms with van der Waals surface area (Å²) in [5, 5.41) is 22.0. The molecule has 0 saturated carbocycles. The molecule has 2 saturated heterocycles. The van der Waals surface area contributed by atoms with Crippen molar-refractivity contribution in [1.29, 1.82) is 0 Å². The number of hydroxylamine groups is 3. The molecule has 37 heavy (non-hydrogen) atoms. The summed E-state index contributed by atoms with van der Waals surface area (Å²) < 4.78 is 11.1. The predicted octanol–water partition coefficient (Wildman–Crippen LogP) is 1.57. The molecule has 3 aliphatic heterocycles. The zero-order valence-corrected chi connectivity index (χ0v) is 20.3. The molecule has 1 unspecified atom stereocenters. The van der Waals surface area contributed by atoms with Gasteiger partial charge in [-0.15, -0.1) is 0 Å². The van der Waals surface area contributed by atoms with E-state index in [0.29, 0.717) is 57.2 Å². The molecule has 2 fully saturated rings. The maximum absolute atomic E-state index is 12.9. The van der Waals surface area contributed by atoms with Gasteiger partial charge < -0.3 is 29.3 Å². The Morgan fingerprint density at radius 2 is 1.78 bits per heavy atom. The number of rotatable bonds is 6. The van der Waals surface area contributed by atoms with Gasteiger partial charge in [-0.25, -0.2) is 0 Å². The number of benzene rings is 2. The van der Waals surface area contributed by atoms with Gasteiger partial charge in [0.05, 0.1) is 19.8 Å². The lowest BCUT2D eigenvalue weighted by Crippen LogP contribution is -2.52. The number of quaternary nitrogens is 1. The summed E-state index contributed by atoms with van der Waals surface area (Å²) >= 11 is 0. The Labute approximate surface area is 213 Å². The molecule has 0 spiro atoms. The number of carbonyl (C=O) groups is 4. The number of nitrogens with one attached hydrogen (secondary N) is 1. The number of morpholine rings is 1. The zero-order valence-electron chi connectivity index (χ0n) is 20.3. The van der Waals surface area contributed by atoms with Crippen LogP contribution in [0.2, 0.25) is 0 Å². The number of ether oxygens (including phenoxy) is 2. The average molecular weight is 512 g/mol. The van der Waals surface area contributed by atoms with Crippen LogP contribution < -0.4 is 10.1 Å². The molecule has 11 nitrogen and oxygen atoms in total. The van der Waals surface area contributed by atoms with E-state index in [1.54, 1.807) is 12.1 Å². The summed E-state index contributed by atoms with van der Waals surface area (Å²) in [7, 11) is 0. The molecule has 3 heterocycles. The second-order valence-electron chi connectivity index (χ2n) is 9.17. The van der Waals surface area contributed by atoms with Crippen LogP contribution in [0.15, 0.2) is 42.5 Å². The van der Waals surface area contributed by atoms with Crippen LogP contribution >= 0.6 is 0 Å². The highest BCUT2D eigenvalue weighted by Crippen LogP contribution is 2.34. The maximum Gasteiger partial charge on any atom is 0.290 e. The molecule has 2 aromatic carbocycles. The Balaban J connectivity index is 0.00000102. The lowest BCUT2D eigenvalue weighted by Gasteiger charge is -2.45. The van der Waals surface area contributed by atoms with Gasteiger partial charge in [0.15, 0.2) is 0 Å². The summed E-state index contributed by atoms with van der Waals surface area (Å²) in [5.41, 5.74) is 3.20. The number of amides is 3. The third kappa shape index (κ3) is 6.13. The van der Waals surface area contributed by atoms with Crippen LogP contribution in [0.5, 0.6) is 5.75 Å². The highest BCUT2D eigenvalue weighted by Gasteiger charge is 2.40. The fourth-order valence-corrected chi connectivity index (χ4v) is 4.76. The Morgan fingerprint density at radius 3 is 2.46 bits per heavy atom. The Hall–Kier alpha value is -3.80. The minimum absolute atomic E-state index is 0.218. The first-order chi connectivity index (χ1) is 17.8. The molecule has 11 heteroatoms. The van der Waals surface area contributed by atoms with E-state index in [2.05, 4.69) is 5.32 Å². The summed E-state index contributed by atoms with van der Waals surface area (Å²) in [4.78, 5) is 46.6. The van der Waals surface area contributed by atoms with Crippen molar-refractivity contribution in [3.8, 4) is 5.75 Å². The summed E-state index contributed by atoms with van der Waals surface area (Å²) in [6.45, 7) is 2.70. The van der Waals surface area contributed by atoms with Gasteiger partial charge in [0.2, 0.25) is 11.8 Å². The molecule has 2 aromatic rings. The second kappa shape index (κ2) is 11.5. The molecular weight excluding hydrogens is 482 g/mol. The van der Waals surface area contributed by atoms with Crippen molar-refractivity contribution in [2.45, 2.75) is 38.6 Å². The minimum atomic E-state index is -0.656. The van der Waals surface area contributed by atoms with Gasteiger partial charge in [-0.05, 0) is 24.1 Å². The van der Waals surface area contributed by atoms with Crippen LogP contribution in [0, 0.1) is 5.21 Å². The van der Waals surface area contributed by atoms with Gasteiger partial charge in [-0.3, -0.25) is 24.5 Å². The molecule has 2 N–H and O–H groups in total. The fourth-order valence-electron chi connectivity index (χ4n) is 4.76. The highest BCUT2D eigenvalue weighted by molar-refractivity contribution is 6.05. The molecule has 196 valence electrons.